The highest BCUT2D eigenvalue weighted by molar-refractivity contribution is 6.12. The van der Waals surface area contributed by atoms with E-state index in [0.29, 0.717) is 13.0 Å². The minimum absolute atomic E-state index is 0.0105. The Morgan fingerprint density at radius 3 is 2.78 bits per heavy atom. The van der Waals surface area contributed by atoms with Gasteiger partial charge in [-0.25, -0.2) is 9.99 Å². The molecule has 0 saturated heterocycles. The van der Waals surface area contributed by atoms with Crippen LogP contribution in [-0.4, -0.2) is 21.2 Å². The second-order valence-electron chi connectivity index (χ2n) is 4.12. The fourth-order valence-corrected chi connectivity index (χ4v) is 1.93. The third kappa shape index (κ3) is 2.02. The van der Waals surface area contributed by atoms with E-state index in [9.17, 15) is 4.79 Å². The molecule has 1 aromatic heterocycles. The number of imidazole rings is 1. The summed E-state index contributed by atoms with van der Waals surface area (Å²) in [6.07, 6.45) is 5.66. The van der Waals surface area contributed by atoms with Crippen LogP contribution in [0.2, 0.25) is 0 Å². The highest BCUT2D eigenvalue weighted by Gasteiger charge is 2.24. The number of aromatic nitrogens is 2. The molecule has 0 bridgehead atoms. The lowest BCUT2D eigenvalue weighted by atomic mass is 10.2. The lowest BCUT2D eigenvalue weighted by Gasteiger charge is -2.10. The Bertz CT molecular complexity index is 574. The van der Waals surface area contributed by atoms with Crippen LogP contribution >= 0.6 is 0 Å². The number of rotatable bonds is 3. The fourth-order valence-electron chi connectivity index (χ4n) is 1.93. The van der Waals surface area contributed by atoms with E-state index in [1.807, 2.05) is 41.1 Å². The molecule has 18 heavy (non-hydrogen) atoms. The van der Waals surface area contributed by atoms with Crippen molar-refractivity contribution < 1.29 is 4.79 Å². The van der Waals surface area contributed by atoms with E-state index < -0.39 is 0 Å². The van der Waals surface area contributed by atoms with Gasteiger partial charge < -0.3 is 4.57 Å². The molecule has 1 aliphatic heterocycles. The van der Waals surface area contributed by atoms with Crippen LogP contribution < -0.4 is 5.01 Å². The Labute approximate surface area is 104 Å². The summed E-state index contributed by atoms with van der Waals surface area (Å²) in [6, 6.07) is 9.46. The van der Waals surface area contributed by atoms with Crippen molar-refractivity contribution in [2.24, 2.45) is 5.10 Å². The van der Waals surface area contributed by atoms with Gasteiger partial charge in [0.15, 0.2) is 0 Å². The summed E-state index contributed by atoms with van der Waals surface area (Å²) in [7, 11) is 0. The van der Waals surface area contributed by atoms with Gasteiger partial charge in [0, 0.05) is 12.4 Å². The highest BCUT2D eigenvalue weighted by atomic mass is 16.2. The number of carbonyl (C=O) groups is 1. The Morgan fingerprint density at radius 1 is 1.22 bits per heavy atom. The van der Waals surface area contributed by atoms with E-state index in [0.717, 1.165) is 11.4 Å². The van der Waals surface area contributed by atoms with Crippen molar-refractivity contribution >= 4 is 17.3 Å². The van der Waals surface area contributed by atoms with Crippen molar-refractivity contribution in [3.63, 3.8) is 0 Å². The zero-order valence-corrected chi connectivity index (χ0v) is 9.73. The van der Waals surface area contributed by atoms with Crippen molar-refractivity contribution in [2.75, 3.05) is 5.01 Å². The van der Waals surface area contributed by atoms with Crippen LogP contribution in [0.15, 0.2) is 54.2 Å². The number of nitrogens with zero attached hydrogens (tertiary/aromatic N) is 4. The minimum Gasteiger partial charge on any atom is -0.332 e. The quantitative estimate of drug-likeness (QED) is 0.819. The predicted octanol–water partition coefficient (Wildman–Crippen LogP) is 1.68. The topological polar surface area (TPSA) is 50.5 Å². The van der Waals surface area contributed by atoms with Gasteiger partial charge in [0.25, 0.3) is 5.91 Å². The van der Waals surface area contributed by atoms with Crippen LogP contribution in [0, 0.1) is 0 Å². The number of benzene rings is 1. The first-order valence-corrected chi connectivity index (χ1v) is 5.73. The Balaban J connectivity index is 1.81. The Kier molecular flexibility index (Phi) is 2.64. The molecule has 5 heteroatoms. The summed E-state index contributed by atoms with van der Waals surface area (Å²) in [5, 5.41) is 5.83. The summed E-state index contributed by atoms with van der Waals surface area (Å²) in [5.41, 5.74) is 1.66. The SMILES string of the molecule is O=C1CC(Cn2ccnc2)=NN1c1ccccc1. The summed E-state index contributed by atoms with van der Waals surface area (Å²) in [5.74, 6) is 0.0105. The van der Waals surface area contributed by atoms with E-state index >= 15 is 0 Å². The van der Waals surface area contributed by atoms with Gasteiger partial charge in [0.2, 0.25) is 0 Å². The van der Waals surface area contributed by atoms with Gasteiger partial charge in [0.1, 0.15) is 0 Å². The first-order chi connectivity index (χ1) is 8.83. The molecular weight excluding hydrogens is 228 g/mol. The van der Waals surface area contributed by atoms with Crippen LogP contribution in [0.5, 0.6) is 0 Å². The third-order valence-corrected chi connectivity index (χ3v) is 2.76. The maximum Gasteiger partial charge on any atom is 0.253 e. The smallest absolute Gasteiger partial charge is 0.253 e. The van der Waals surface area contributed by atoms with Gasteiger partial charge in [-0.3, -0.25) is 4.79 Å². The van der Waals surface area contributed by atoms with Crippen molar-refractivity contribution in [2.45, 2.75) is 13.0 Å². The van der Waals surface area contributed by atoms with Gasteiger partial charge in [0.05, 0.1) is 30.7 Å². The number of hydrogen-bond donors (Lipinski definition) is 0. The van der Waals surface area contributed by atoms with Crippen LogP contribution in [0.3, 0.4) is 0 Å². The monoisotopic (exact) mass is 240 g/mol. The average Bonchev–Trinajstić information content (AvgIpc) is 3.01. The zero-order chi connectivity index (χ0) is 12.4. The van der Waals surface area contributed by atoms with Crippen molar-refractivity contribution in [1.82, 2.24) is 9.55 Å². The molecule has 0 fully saturated rings. The number of amides is 1. The van der Waals surface area contributed by atoms with Gasteiger partial charge in [-0.2, -0.15) is 5.10 Å². The second kappa shape index (κ2) is 4.44. The molecule has 3 rings (SSSR count). The molecule has 0 spiro atoms. The van der Waals surface area contributed by atoms with E-state index in [1.165, 1.54) is 5.01 Å². The zero-order valence-electron chi connectivity index (χ0n) is 9.73. The van der Waals surface area contributed by atoms with Crippen LogP contribution in [0.1, 0.15) is 6.42 Å². The Hall–Kier alpha value is -2.43. The molecule has 0 aliphatic carbocycles. The van der Waals surface area contributed by atoms with E-state index in [1.54, 1.807) is 12.5 Å². The summed E-state index contributed by atoms with van der Waals surface area (Å²) >= 11 is 0. The number of carbonyl (C=O) groups excluding carboxylic acids is 1. The molecular formula is C13H12N4O. The van der Waals surface area contributed by atoms with Gasteiger partial charge in [-0.1, -0.05) is 18.2 Å². The molecule has 1 amide bonds. The highest BCUT2D eigenvalue weighted by Crippen LogP contribution is 2.20. The molecule has 90 valence electrons. The predicted molar refractivity (Wildman–Crippen MR) is 68.2 cm³/mol. The lowest BCUT2D eigenvalue weighted by Crippen LogP contribution is -2.19. The lowest BCUT2D eigenvalue weighted by molar-refractivity contribution is -0.116. The van der Waals surface area contributed by atoms with E-state index in [4.69, 9.17) is 0 Å². The minimum atomic E-state index is 0.0105. The van der Waals surface area contributed by atoms with Crippen LogP contribution in [0.25, 0.3) is 0 Å². The van der Waals surface area contributed by atoms with Crippen LogP contribution in [-0.2, 0) is 11.3 Å². The molecule has 0 atom stereocenters. The first kappa shape index (κ1) is 10.7. The molecule has 1 aliphatic rings. The molecule has 0 N–H and O–H groups in total. The van der Waals surface area contributed by atoms with Crippen molar-refractivity contribution in [3.8, 4) is 0 Å². The van der Waals surface area contributed by atoms with Gasteiger partial charge >= 0.3 is 0 Å². The van der Waals surface area contributed by atoms with Gasteiger partial charge in [-0.05, 0) is 12.1 Å². The summed E-state index contributed by atoms with van der Waals surface area (Å²) in [6.45, 7) is 0.606. The molecule has 2 heterocycles. The fraction of sp³-hybridized carbons (Fsp3) is 0.154. The number of hydrogen-bond acceptors (Lipinski definition) is 3. The average molecular weight is 240 g/mol. The third-order valence-electron chi connectivity index (χ3n) is 2.76. The summed E-state index contributed by atoms with van der Waals surface area (Å²) < 4.78 is 1.90. The molecule has 0 radical (unpaired) electrons. The molecule has 1 aromatic carbocycles. The molecule has 0 saturated carbocycles. The van der Waals surface area contributed by atoms with Gasteiger partial charge in [-0.15, -0.1) is 0 Å². The molecule has 2 aromatic rings. The maximum atomic E-state index is 11.9. The van der Waals surface area contributed by atoms with Crippen molar-refractivity contribution in [3.05, 3.63) is 49.1 Å². The van der Waals surface area contributed by atoms with Crippen LogP contribution in [0.4, 0.5) is 5.69 Å². The second-order valence-corrected chi connectivity index (χ2v) is 4.12. The summed E-state index contributed by atoms with van der Waals surface area (Å²) in [4.78, 5) is 15.9. The number of anilines is 1. The number of hydrazone groups is 1. The Morgan fingerprint density at radius 2 is 2.06 bits per heavy atom. The first-order valence-electron chi connectivity index (χ1n) is 5.73. The molecule has 0 unspecified atom stereocenters. The van der Waals surface area contributed by atoms with E-state index in [2.05, 4.69) is 10.1 Å². The standard InChI is InChI=1S/C13H12N4O/c18-13-8-11(9-16-7-6-14-10-16)15-17(13)12-4-2-1-3-5-12/h1-7,10H,8-9H2. The number of para-hydroxylation sites is 1. The normalized spacial score (nSPS) is 15.0. The van der Waals surface area contributed by atoms with Crippen molar-refractivity contribution in [1.29, 1.82) is 0 Å². The molecule has 5 nitrogen and oxygen atoms in total. The van der Waals surface area contributed by atoms with E-state index in [-0.39, 0.29) is 5.91 Å². The largest absolute Gasteiger partial charge is 0.332 e. The maximum absolute atomic E-state index is 11.9.